The highest BCUT2D eigenvalue weighted by atomic mass is 32.2. The van der Waals surface area contributed by atoms with Crippen molar-refractivity contribution in [3.8, 4) is 0 Å². The highest BCUT2D eigenvalue weighted by molar-refractivity contribution is 8.13. The largest absolute Gasteiger partial charge is 0.362 e. The van der Waals surface area contributed by atoms with E-state index < -0.39 is 0 Å². The molecule has 1 aliphatic rings. The molecular formula is C30H42N6OS. The Kier molecular flexibility index (Phi) is 9.41. The second kappa shape index (κ2) is 12.2. The second-order valence-corrected chi connectivity index (χ2v) is 12.4. The number of amides is 1. The fourth-order valence-corrected chi connectivity index (χ4v) is 5.35. The molecule has 2 aromatic heterocycles. The van der Waals surface area contributed by atoms with Crippen LogP contribution in [0.1, 0.15) is 89.1 Å². The van der Waals surface area contributed by atoms with Crippen LogP contribution in [-0.2, 0) is 5.41 Å². The van der Waals surface area contributed by atoms with Crippen LogP contribution in [0.25, 0.3) is 0 Å². The van der Waals surface area contributed by atoms with Crippen LogP contribution in [-0.4, -0.2) is 33.0 Å². The van der Waals surface area contributed by atoms with E-state index in [1.54, 1.807) is 12.3 Å². The molecule has 0 radical (unpaired) electrons. The van der Waals surface area contributed by atoms with Crippen LogP contribution in [0.3, 0.4) is 0 Å². The van der Waals surface area contributed by atoms with E-state index in [0.717, 1.165) is 48.5 Å². The molecule has 2 N–H and O–H groups in total. The second-order valence-electron chi connectivity index (χ2n) is 11.5. The Morgan fingerprint density at radius 3 is 2.61 bits per heavy atom. The van der Waals surface area contributed by atoms with Gasteiger partial charge in [0.2, 0.25) is 0 Å². The average Bonchev–Trinajstić information content (AvgIpc) is 3.15. The van der Waals surface area contributed by atoms with Crippen LogP contribution in [0.2, 0.25) is 0 Å². The Labute approximate surface area is 232 Å². The molecule has 1 amide bonds. The standard InChI is InChI=1S/C30H42N6OS/c1-10-23(24-14-12-13-17-31-24)32-21(4)33-26(11-2)38-35-28(37)22-15-16-25(29(5,6)7)34-27(22)36-19-20(3)18-30(36,8)9/h11-17,20,23,32H,2,4,10,18-19H2,1,3,5-9H3,(H,35,37)/b33-26+. The van der Waals surface area contributed by atoms with E-state index >= 15 is 0 Å². The van der Waals surface area contributed by atoms with Crippen molar-refractivity contribution in [2.75, 3.05) is 11.4 Å². The first kappa shape index (κ1) is 29.4. The minimum atomic E-state index is -0.221. The molecule has 0 bridgehead atoms. The molecule has 0 saturated carbocycles. The van der Waals surface area contributed by atoms with E-state index in [-0.39, 0.29) is 22.9 Å². The maximum absolute atomic E-state index is 13.5. The first-order valence-electron chi connectivity index (χ1n) is 13.2. The van der Waals surface area contributed by atoms with Gasteiger partial charge in [-0.1, -0.05) is 53.8 Å². The summed E-state index contributed by atoms with van der Waals surface area (Å²) in [5.41, 5.74) is 2.21. The van der Waals surface area contributed by atoms with Gasteiger partial charge in [0, 0.05) is 41.3 Å². The molecule has 1 saturated heterocycles. The van der Waals surface area contributed by atoms with Gasteiger partial charge in [0.05, 0.1) is 17.3 Å². The Hall–Kier alpha value is -3.13. The molecular weight excluding hydrogens is 492 g/mol. The lowest BCUT2D eigenvalue weighted by atomic mass is 9.91. The molecule has 0 aromatic carbocycles. The predicted octanol–water partition coefficient (Wildman–Crippen LogP) is 6.57. The van der Waals surface area contributed by atoms with E-state index in [9.17, 15) is 4.79 Å². The summed E-state index contributed by atoms with van der Waals surface area (Å²) >= 11 is 1.11. The number of nitrogens with one attached hydrogen (secondary N) is 2. The quantitative estimate of drug-likeness (QED) is 0.226. The summed E-state index contributed by atoms with van der Waals surface area (Å²) in [4.78, 5) is 29.7. The summed E-state index contributed by atoms with van der Waals surface area (Å²) in [6.45, 7) is 23.9. The zero-order valence-corrected chi connectivity index (χ0v) is 24.7. The van der Waals surface area contributed by atoms with Crippen molar-refractivity contribution in [2.24, 2.45) is 10.9 Å². The maximum Gasteiger partial charge on any atom is 0.265 e. The summed E-state index contributed by atoms with van der Waals surface area (Å²) < 4.78 is 2.94. The van der Waals surface area contributed by atoms with Crippen LogP contribution in [0.4, 0.5) is 5.82 Å². The molecule has 2 aromatic rings. The fourth-order valence-electron chi connectivity index (χ4n) is 4.81. The zero-order chi connectivity index (χ0) is 28.1. The minimum Gasteiger partial charge on any atom is -0.362 e. The molecule has 7 nitrogen and oxygen atoms in total. The van der Waals surface area contributed by atoms with Crippen molar-refractivity contribution >= 4 is 28.7 Å². The summed E-state index contributed by atoms with van der Waals surface area (Å²) in [5.74, 6) is 1.51. The molecule has 3 rings (SSSR count). The van der Waals surface area contributed by atoms with E-state index in [4.69, 9.17) is 4.98 Å². The van der Waals surface area contributed by atoms with Gasteiger partial charge in [-0.25, -0.2) is 9.98 Å². The Morgan fingerprint density at radius 1 is 1.32 bits per heavy atom. The topological polar surface area (TPSA) is 82.5 Å². The van der Waals surface area contributed by atoms with Crippen LogP contribution < -0.4 is 14.9 Å². The van der Waals surface area contributed by atoms with Gasteiger partial charge >= 0.3 is 0 Å². The lowest BCUT2D eigenvalue weighted by molar-refractivity contribution is 0.0984. The molecule has 8 heteroatoms. The minimum absolute atomic E-state index is 0.0146. The number of pyridine rings is 2. The highest BCUT2D eigenvalue weighted by Gasteiger charge is 2.39. The molecule has 2 unspecified atom stereocenters. The van der Waals surface area contributed by atoms with Crippen molar-refractivity contribution in [2.45, 2.75) is 78.3 Å². The van der Waals surface area contributed by atoms with Gasteiger partial charge in [-0.3, -0.25) is 14.5 Å². The summed E-state index contributed by atoms with van der Waals surface area (Å²) in [5, 5.41) is 3.84. The Balaban J connectivity index is 1.78. The first-order chi connectivity index (χ1) is 17.9. The number of aromatic nitrogens is 2. The average molecular weight is 535 g/mol. The van der Waals surface area contributed by atoms with Crippen LogP contribution in [0.5, 0.6) is 0 Å². The van der Waals surface area contributed by atoms with Gasteiger partial charge in [-0.2, -0.15) is 0 Å². The van der Waals surface area contributed by atoms with Crippen molar-refractivity contribution in [3.05, 3.63) is 78.5 Å². The zero-order valence-electron chi connectivity index (χ0n) is 23.8. The number of carbonyl (C=O) groups excluding carboxylic acids is 1. The summed E-state index contributed by atoms with van der Waals surface area (Å²) in [6, 6.07) is 9.65. The van der Waals surface area contributed by atoms with Crippen molar-refractivity contribution in [1.29, 1.82) is 0 Å². The number of carbonyl (C=O) groups is 1. The van der Waals surface area contributed by atoms with E-state index in [1.807, 2.05) is 30.3 Å². The lowest BCUT2D eigenvalue weighted by Crippen LogP contribution is -2.40. The summed E-state index contributed by atoms with van der Waals surface area (Å²) in [7, 11) is 0. The van der Waals surface area contributed by atoms with Gasteiger partial charge in [-0.05, 0) is 62.9 Å². The first-order valence-corrected chi connectivity index (χ1v) is 14.0. The van der Waals surface area contributed by atoms with E-state index in [0.29, 0.717) is 22.3 Å². The maximum atomic E-state index is 13.5. The van der Waals surface area contributed by atoms with E-state index in [2.05, 4.69) is 86.5 Å². The molecule has 204 valence electrons. The number of rotatable bonds is 8. The van der Waals surface area contributed by atoms with Gasteiger partial charge in [0.15, 0.2) is 0 Å². The molecule has 3 heterocycles. The van der Waals surface area contributed by atoms with Gasteiger partial charge in [0.25, 0.3) is 5.91 Å². The van der Waals surface area contributed by atoms with Crippen LogP contribution >= 0.6 is 11.9 Å². The van der Waals surface area contributed by atoms with Gasteiger partial charge in [0.1, 0.15) is 16.7 Å². The van der Waals surface area contributed by atoms with Crippen molar-refractivity contribution in [1.82, 2.24) is 20.0 Å². The smallest absolute Gasteiger partial charge is 0.265 e. The Morgan fingerprint density at radius 2 is 2.05 bits per heavy atom. The molecule has 38 heavy (non-hydrogen) atoms. The molecule has 0 spiro atoms. The van der Waals surface area contributed by atoms with Crippen LogP contribution in [0.15, 0.2) is 66.6 Å². The number of hydrogen-bond donors (Lipinski definition) is 2. The number of hydrogen-bond acceptors (Lipinski definition) is 7. The van der Waals surface area contributed by atoms with E-state index in [1.165, 1.54) is 0 Å². The monoisotopic (exact) mass is 534 g/mol. The summed E-state index contributed by atoms with van der Waals surface area (Å²) in [6.07, 6.45) is 5.24. The number of aliphatic imine (C=N–C) groups is 1. The Bertz CT molecular complexity index is 1180. The molecule has 2 atom stereocenters. The number of anilines is 1. The highest BCUT2D eigenvalue weighted by Crippen LogP contribution is 2.38. The third kappa shape index (κ3) is 7.25. The van der Waals surface area contributed by atoms with Crippen molar-refractivity contribution in [3.63, 3.8) is 0 Å². The molecule has 1 aliphatic heterocycles. The van der Waals surface area contributed by atoms with Gasteiger partial charge < -0.3 is 10.2 Å². The molecule has 0 aliphatic carbocycles. The SMILES string of the molecule is C=C/C(=N\C(=C)NC(CC)c1ccccn1)SNC(=O)c1ccc(C(C)(C)C)nc1N1CC(C)CC1(C)C. The number of nitrogens with zero attached hydrogens (tertiary/aromatic N) is 4. The van der Waals surface area contributed by atoms with Crippen LogP contribution in [0, 0.1) is 5.92 Å². The van der Waals surface area contributed by atoms with Crippen molar-refractivity contribution < 1.29 is 4.79 Å². The lowest BCUT2D eigenvalue weighted by Gasteiger charge is -2.34. The fraction of sp³-hybridized carbons (Fsp3) is 0.467. The predicted molar refractivity (Wildman–Crippen MR) is 160 cm³/mol. The normalized spacial score (nSPS) is 18.1. The third-order valence-corrected chi connectivity index (χ3v) is 7.43. The third-order valence-electron chi connectivity index (χ3n) is 6.68. The van der Waals surface area contributed by atoms with Gasteiger partial charge in [-0.15, -0.1) is 0 Å². The molecule has 1 fully saturated rings.